The first-order valence-electron chi connectivity index (χ1n) is 6.00. The lowest BCUT2D eigenvalue weighted by atomic mass is 9.87. The number of aryl methyl sites for hydroxylation is 1. The molecule has 5 heteroatoms. The molecule has 0 aromatic heterocycles. The molecule has 0 aliphatic carbocycles. The molecular formula is C15H12BF3O. The number of halogens is 3. The second kappa shape index (κ2) is 5.33. The summed E-state index contributed by atoms with van der Waals surface area (Å²) in [5.41, 5.74) is 1.56. The molecule has 0 heterocycles. The Bertz CT molecular complexity index is 636. The van der Waals surface area contributed by atoms with E-state index in [1.807, 2.05) is 0 Å². The maximum absolute atomic E-state index is 12.8. The molecule has 0 saturated carbocycles. The number of aliphatic hydroxyl groups excluding tert-OH is 1. The molecule has 1 N–H and O–H groups in total. The smallest absolute Gasteiger partial charge is 0.392 e. The lowest BCUT2D eigenvalue weighted by Gasteiger charge is -2.13. The summed E-state index contributed by atoms with van der Waals surface area (Å²) in [6, 6.07) is 8.99. The Morgan fingerprint density at radius 1 is 1.05 bits per heavy atom. The Hall–Kier alpha value is -1.75. The van der Waals surface area contributed by atoms with Gasteiger partial charge in [0.25, 0.3) is 0 Å². The van der Waals surface area contributed by atoms with Gasteiger partial charge in [-0.15, -0.1) is 0 Å². The van der Waals surface area contributed by atoms with Gasteiger partial charge in [-0.25, -0.2) is 0 Å². The summed E-state index contributed by atoms with van der Waals surface area (Å²) < 4.78 is 38.5. The molecule has 0 fully saturated rings. The second-order valence-corrected chi connectivity index (χ2v) is 4.60. The van der Waals surface area contributed by atoms with E-state index in [1.54, 1.807) is 31.2 Å². The van der Waals surface area contributed by atoms with Crippen LogP contribution in [0.1, 0.15) is 16.7 Å². The van der Waals surface area contributed by atoms with E-state index in [4.69, 9.17) is 13.0 Å². The molecule has 0 aliphatic heterocycles. The average Bonchev–Trinajstić information content (AvgIpc) is 2.37. The fourth-order valence-electron chi connectivity index (χ4n) is 2.03. The lowest BCUT2D eigenvalue weighted by Crippen LogP contribution is -2.19. The van der Waals surface area contributed by atoms with Crippen LogP contribution in [0.15, 0.2) is 36.4 Å². The minimum absolute atomic E-state index is 0.0956. The van der Waals surface area contributed by atoms with Crippen molar-refractivity contribution in [3.63, 3.8) is 0 Å². The van der Waals surface area contributed by atoms with Gasteiger partial charge < -0.3 is 5.11 Å². The van der Waals surface area contributed by atoms with Crippen LogP contribution in [-0.2, 0) is 12.8 Å². The van der Waals surface area contributed by atoms with Crippen molar-refractivity contribution < 1.29 is 18.3 Å². The summed E-state index contributed by atoms with van der Waals surface area (Å²) >= 11 is 0. The number of hydrogen-bond acceptors (Lipinski definition) is 1. The molecule has 2 radical (unpaired) electrons. The largest absolute Gasteiger partial charge is 0.415 e. The predicted octanol–water partition coefficient (Wildman–Crippen LogP) is 2.97. The SMILES string of the molecule is [B]c1ccc(-c2ccc(CO)c(C)c2)cc1C(F)(F)F. The first-order valence-corrected chi connectivity index (χ1v) is 6.00. The van der Waals surface area contributed by atoms with Crippen LogP contribution in [-0.4, -0.2) is 13.0 Å². The van der Waals surface area contributed by atoms with Gasteiger partial charge in [-0.1, -0.05) is 35.8 Å². The number of alkyl halides is 3. The van der Waals surface area contributed by atoms with E-state index in [0.717, 1.165) is 17.2 Å². The molecule has 0 bridgehead atoms. The van der Waals surface area contributed by atoms with Crippen LogP contribution in [0.25, 0.3) is 11.1 Å². The van der Waals surface area contributed by atoms with E-state index in [2.05, 4.69) is 0 Å². The van der Waals surface area contributed by atoms with Crippen LogP contribution in [0, 0.1) is 6.92 Å². The third-order valence-corrected chi connectivity index (χ3v) is 3.20. The number of hydrogen-bond donors (Lipinski definition) is 1. The van der Waals surface area contributed by atoms with Crippen molar-refractivity contribution in [2.75, 3.05) is 0 Å². The maximum atomic E-state index is 12.8. The molecule has 2 aromatic rings. The summed E-state index contributed by atoms with van der Waals surface area (Å²) in [6.45, 7) is 1.71. The molecule has 102 valence electrons. The van der Waals surface area contributed by atoms with Crippen molar-refractivity contribution in [2.45, 2.75) is 19.7 Å². The normalized spacial score (nSPS) is 11.7. The standard InChI is InChI=1S/C15H12BF3O/c1-9-6-10(2-3-12(9)8-20)11-4-5-14(16)13(7-11)15(17,18)19/h2-7,20H,8H2,1H3. The zero-order chi connectivity index (χ0) is 14.9. The number of rotatable bonds is 2. The Balaban J connectivity index is 2.51. The Labute approximate surface area is 116 Å². The molecule has 0 atom stereocenters. The van der Waals surface area contributed by atoms with Crippen LogP contribution >= 0.6 is 0 Å². The van der Waals surface area contributed by atoms with Crippen LogP contribution in [0.4, 0.5) is 13.2 Å². The second-order valence-electron chi connectivity index (χ2n) is 4.60. The van der Waals surface area contributed by atoms with Gasteiger partial charge in [0.1, 0.15) is 7.85 Å². The van der Waals surface area contributed by atoms with Gasteiger partial charge in [-0.3, -0.25) is 0 Å². The van der Waals surface area contributed by atoms with Crippen molar-refractivity contribution in [3.05, 3.63) is 53.1 Å². The highest BCUT2D eigenvalue weighted by molar-refractivity contribution is 6.33. The molecule has 0 amide bonds. The van der Waals surface area contributed by atoms with Crippen molar-refractivity contribution >= 4 is 13.3 Å². The lowest BCUT2D eigenvalue weighted by molar-refractivity contribution is -0.136. The Kier molecular flexibility index (Phi) is 3.90. The van der Waals surface area contributed by atoms with Crippen molar-refractivity contribution in [1.29, 1.82) is 0 Å². The summed E-state index contributed by atoms with van der Waals surface area (Å²) in [7, 11) is 5.38. The fourth-order valence-corrected chi connectivity index (χ4v) is 2.03. The molecule has 0 aliphatic rings. The predicted molar refractivity (Wildman–Crippen MR) is 72.9 cm³/mol. The first-order chi connectivity index (χ1) is 9.32. The van der Waals surface area contributed by atoms with E-state index < -0.39 is 11.7 Å². The average molecular weight is 276 g/mol. The molecule has 1 nitrogen and oxygen atoms in total. The van der Waals surface area contributed by atoms with Gasteiger partial charge >= 0.3 is 6.18 Å². The summed E-state index contributed by atoms with van der Waals surface area (Å²) in [6.07, 6.45) is -4.47. The van der Waals surface area contributed by atoms with E-state index in [-0.39, 0.29) is 12.1 Å². The minimum atomic E-state index is -4.47. The molecule has 0 unspecified atom stereocenters. The number of aliphatic hydroxyl groups is 1. The highest BCUT2D eigenvalue weighted by Gasteiger charge is 2.32. The monoisotopic (exact) mass is 276 g/mol. The highest BCUT2D eigenvalue weighted by atomic mass is 19.4. The van der Waals surface area contributed by atoms with Gasteiger partial charge in [-0.05, 0) is 35.2 Å². The van der Waals surface area contributed by atoms with E-state index in [0.29, 0.717) is 11.1 Å². The third-order valence-electron chi connectivity index (χ3n) is 3.20. The Morgan fingerprint density at radius 3 is 2.20 bits per heavy atom. The molecule has 2 rings (SSSR count). The zero-order valence-corrected chi connectivity index (χ0v) is 10.8. The first kappa shape index (κ1) is 14.7. The summed E-state index contributed by atoms with van der Waals surface area (Å²) in [5.74, 6) is 0. The molecule has 20 heavy (non-hydrogen) atoms. The topological polar surface area (TPSA) is 20.2 Å². The van der Waals surface area contributed by atoms with E-state index in [9.17, 15) is 13.2 Å². The van der Waals surface area contributed by atoms with Crippen molar-refractivity contribution in [1.82, 2.24) is 0 Å². The molecule has 2 aromatic carbocycles. The van der Waals surface area contributed by atoms with Crippen molar-refractivity contribution in [3.8, 4) is 11.1 Å². The molecule has 0 spiro atoms. The van der Waals surface area contributed by atoms with Gasteiger partial charge in [0.2, 0.25) is 0 Å². The van der Waals surface area contributed by atoms with Gasteiger partial charge in [0.05, 0.1) is 6.61 Å². The van der Waals surface area contributed by atoms with Crippen LogP contribution in [0.5, 0.6) is 0 Å². The van der Waals surface area contributed by atoms with Crippen molar-refractivity contribution in [2.24, 2.45) is 0 Å². The fraction of sp³-hybridized carbons (Fsp3) is 0.200. The Morgan fingerprint density at radius 2 is 1.65 bits per heavy atom. The summed E-state index contributed by atoms with van der Waals surface area (Å²) in [5, 5.41) is 9.10. The van der Waals surface area contributed by atoms with Crippen LogP contribution in [0.2, 0.25) is 0 Å². The van der Waals surface area contributed by atoms with E-state index in [1.165, 1.54) is 6.07 Å². The van der Waals surface area contributed by atoms with Crippen LogP contribution in [0.3, 0.4) is 0 Å². The van der Waals surface area contributed by atoms with Gasteiger partial charge in [0, 0.05) is 5.56 Å². The number of benzene rings is 2. The van der Waals surface area contributed by atoms with Gasteiger partial charge in [-0.2, -0.15) is 13.2 Å². The van der Waals surface area contributed by atoms with E-state index >= 15 is 0 Å². The minimum Gasteiger partial charge on any atom is -0.392 e. The molecular weight excluding hydrogens is 264 g/mol. The highest BCUT2D eigenvalue weighted by Crippen LogP contribution is 2.31. The van der Waals surface area contributed by atoms with Crippen LogP contribution < -0.4 is 5.46 Å². The zero-order valence-electron chi connectivity index (χ0n) is 10.8. The molecule has 0 saturated heterocycles. The third kappa shape index (κ3) is 2.88. The summed E-state index contributed by atoms with van der Waals surface area (Å²) in [4.78, 5) is 0. The maximum Gasteiger partial charge on any atom is 0.415 e. The van der Waals surface area contributed by atoms with Gasteiger partial charge in [0.15, 0.2) is 0 Å². The quantitative estimate of drug-likeness (QED) is 0.836.